The third-order valence-electron chi connectivity index (χ3n) is 5.50. The molecule has 0 saturated heterocycles. The van der Waals surface area contributed by atoms with Gasteiger partial charge in [-0.1, -0.05) is 116 Å². The molecule has 0 rings (SSSR count). The van der Waals surface area contributed by atoms with E-state index in [4.69, 9.17) is 4.74 Å². The van der Waals surface area contributed by atoms with Crippen molar-refractivity contribution in [3.63, 3.8) is 0 Å². The van der Waals surface area contributed by atoms with E-state index >= 15 is 0 Å². The normalized spacial score (nSPS) is 11.7. The maximum Gasteiger partial charge on any atom is 0.335 e. The van der Waals surface area contributed by atoms with Gasteiger partial charge in [0.2, 0.25) is 0 Å². The number of ether oxygens (including phenoxy) is 1. The number of carbonyl (C=O) groups excluding carboxylic acids is 1. The third kappa shape index (κ3) is 21.5. The average Bonchev–Trinajstić information content (AvgIpc) is 2.69. The first kappa shape index (κ1) is 28.0. The van der Waals surface area contributed by atoms with Gasteiger partial charge in [0.15, 0.2) is 0 Å². The number of nitrogens with zero attached hydrogens (tertiary/aromatic N) is 1. The molecule has 0 fully saturated rings. The molecule has 0 N–H and O–H groups in total. The molecular weight excluding hydrogens is 358 g/mol. The van der Waals surface area contributed by atoms with E-state index in [9.17, 15) is 4.79 Å². The van der Waals surface area contributed by atoms with E-state index in [0.29, 0.717) is 12.2 Å². The highest BCUT2D eigenvalue weighted by Gasteiger charge is 2.05. The second-order valence-corrected chi connectivity index (χ2v) is 8.92. The lowest BCUT2D eigenvalue weighted by molar-refractivity contribution is -0.139. The summed E-state index contributed by atoms with van der Waals surface area (Å²) in [6, 6.07) is 0. The zero-order valence-electron chi connectivity index (χ0n) is 20.3. The molecule has 3 heteroatoms. The standard InChI is InChI=1S/C26H51NO2/c1-5-6-7-8-9-10-11-12-13-14-15-16-17-18-19-20-21-22-23-29-26(28)25(2)24-27(3)4/h24H,5-23H2,1-4H3. The van der Waals surface area contributed by atoms with Crippen LogP contribution in [-0.2, 0) is 9.53 Å². The second kappa shape index (κ2) is 21.7. The van der Waals surface area contributed by atoms with Gasteiger partial charge in [-0.25, -0.2) is 4.79 Å². The van der Waals surface area contributed by atoms with Crippen molar-refractivity contribution in [3.8, 4) is 0 Å². The van der Waals surface area contributed by atoms with Gasteiger partial charge in [0, 0.05) is 25.9 Å². The van der Waals surface area contributed by atoms with Gasteiger partial charge in [-0.05, 0) is 13.3 Å². The van der Waals surface area contributed by atoms with Crippen molar-refractivity contribution in [1.82, 2.24) is 4.90 Å². The van der Waals surface area contributed by atoms with Crippen LogP contribution in [0.25, 0.3) is 0 Å². The fourth-order valence-electron chi connectivity index (χ4n) is 3.72. The van der Waals surface area contributed by atoms with Gasteiger partial charge in [0.05, 0.1) is 6.61 Å². The SMILES string of the molecule is CCCCCCCCCCCCCCCCCCCCOC(=O)C(C)=CN(C)C. The highest BCUT2D eigenvalue weighted by Crippen LogP contribution is 2.14. The van der Waals surface area contributed by atoms with Crippen LogP contribution >= 0.6 is 0 Å². The molecule has 0 atom stereocenters. The minimum atomic E-state index is -0.189. The number of carbonyl (C=O) groups is 1. The highest BCUT2D eigenvalue weighted by atomic mass is 16.5. The minimum Gasteiger partial charge on any atom is -0.462 e. The quantitative estimate of drug-likeness (QED) is 0.109. The van der Waals surface area contributed by atoms with Crippen LogP contribution in [0.2, 0.25) is 0 Å². The number of hydrogen-bond donors (Lipinski definition) is 0. The third-order valence-corrected chi connectivity index (χ3v) is 5.50. The molecule has 3 nitrogen and oxygen atoms in total. The van der Waals surface area contributed by atoms with Crippen LogP contribution in [0.3, 0.4) is 0 Å². The van der Waals surface area contributed by atoms with Gasteiger partial charge in [-0.3, -0.25) is 0 Å². The second-order valence-electron chi connectivity index (χ2n) is 8.92. The molecule has 0 aromatic heterocycles. The van der Waals surface area contributed by atoms with E-state index in [1.807, 2.05) is 19.0 Å². The molecule has 0 radical (unpaired) electrons. The Morgan fingerprint density at radius 2 is 1.00 bits per heavy atom. The molecular formula is C26H51NO2. The van der Waals surface area contributed by atoms with Crippen molar-refractivity contribution < 1.29 is 9.53 Å². The van der Waals surface area contributed by atoms with Crippen molar-refractivity contribution in [2.24, 2.45) is 0 Å². The van der Waals surface area contributed by atoms with Gasteiger partial charge in [0.25, 0.3) is 0 Å². The molecule has 0 aliphatic rings. The monoisotopic (exact) mass is 409 g/mol. The van der Waals surface area contributed by atoms with Crippen molar-refractivity contribution in [3.05, 3.63) is 11.8 Å². The molecule has 0 aliphatic heterocycles. The van der Waals surface area contributed by atoms with Gasteiger partial charge >= 0.3 is 5.97 Å². The van der Waals surface area contributed by atoms with E-state index in [2.05, 4.69) is 6.92 Å². The van der Waals surface area contributed by atoms with Crippen LogP contribution in [0.1, 0.15) is 129 Å². The Morgan fingerprint density at radius 1 is 0.655 bits per heavy atom. The van der Waals surface area contributed by atoms with Crippen molar-refractivity contribution >= 4 is 5.97 Å². The van der Waals surface area contributed by atoms with Crippen LogP contribution in [0.5, 0.6) is 0 Å². The number of hydrogen-bond acceptors (Lipinski definition) is 3. The summed E-state index contributed by atoms with van der Waals surface area (Å²) in [5, 5.41) is 0. The summed E-state index contributed by atoms with van der Waals surface area (Å²) >= 11 is 0. The smallest absolute Gasteiger partial charge is 0.335 e. The summed E-state index contributed by atoms with van der Waals surface area (Å²) in [6.07, 6.45) is 26.5. The Labute approximate surface area is 182 Å². The van der Waals surface area contributed by atoms with Crippen LogP contribution < -0.4 is 0 Å². The Kier molecular flexibility index (Phi) is 21.0. The molecule has 0 aliphatic carbocycles. The predicted octanol–water partition coefficient (Wildman–Crippen LogP) is 8.04. The molecule has 0 bridgehead atoms. The molecule has 0 aromatic rings. The number of unbranched alkanes of at least 4 members (excludes halogenated alkanes) is 17. The first-order valence-electron chi connectivity index (χ1n) is 12.6. The maximum atomic E-state index is 11.7. The highest BCUT2D eigenvalue weighted by molar-refractivity contribution is 5.87. The molecule has 0 saturated carbocycles. The molecule has 0 amide bonds. The van der Waals surface area contributed by atoms with E-state index in [1.54, 1.807) is 13.1 Å². The van der Waals surface area contributed by atoms with Crippen molar-refractivity contribution in [2.75, 3.05) is 20.7 Å². The lowest BCUT2D eigenvalue weighted by Gasteiger charge is -2.08. The summed E-state index contributed by atoms with van der Waals surface area (Å²) < 4.78 is 5.30. The summed E-state index contributed by atoms with van der Waals surface area (Å²) in [4.78, 5) is 13.6. The van der Waals surface area contributed by atoms with Gasteiger partial charge < -0.3 is 9.64 Å². The van der Waals surface area contributed by atoms with Gasteiger partial charge in [0.1, 0.15) is 0 Å². The number of rotatable bonds is 21. The predicted molar refractivity (Wildman–Crippen MR) is 127 cm³/mol. The zero-order valence-corrected chi connectivity index (χ0v) is 20.3. The summed E-state index contributed by atoms with van der Waals surface area (Å²) in [5.74, 6) is -0.189. The summed E-state index contributed by atoms with van der Waals surface area (Å²) in [7, 11) is 3.82. The van der Waals surface area contributed by atoms with E-state index in [0.717, 1.165) is 6.42 Å². The molecule has 29 heavy (non-hydrogen) atoms. The first-order valence-corrected chi connectivity index (χ1v) is 12.6. The zero-order chi connectivity index (χ0) is 21.6. The van der Waals surface area contributed by atoms with Crippen molar-refractivity contribution in [1.29, 1.82) is 0 Å². The summed E-state index contributed by atoms with van der Waals surface area (Å²) in [5.41, 5.74) is 0.664. The Morgan fingerprint density at radius 3 is 1.34 bits per heavy atom. The molecule has 0 unspecified atom stereocenters. The van der Waals surface area contributed by atoms with Crippen LogP contribution in [0.4, 0.5) is 0 Å². The molecule has 172 valence electrons. The van der Waals surface area contributed by atoms with E-state index < -0.39 is 0 Å². The van der Waals surface area contributed by atoms with E-state index in [1.165, 1.54) is 109 Å². The Bertz CT molecular complexity index is 390. The fraction of sp³-hybridized carbons (Fsp3) is 0.885. The van der Waals surface area contributed by atoms with Gasteiger partial charge in [-0.15, -0.1) is 0 Å². The number of esters is 1. The molecule has 0 aromatic carbocycles. The fourth-order valence-corrected chi connectivity index (χ4v) is 3.72. The average molecular weight is 410 g/mol. The lowest BCUT2D eigenvalue weighted by Crippen LogP contribution is -2.11. The Hall–Kier alpha value is -0.990. The molecule has 0 spiro atoms. The van der Waals surface area contributed by atoms with E-state index in [-0.39, 0.29) is 5.97 Å². The summed E-state index contributed by atoms with van der Waals surface area (Å²) in [6.45, 7) is 4.64. The van der Waals surface area contributed by atoms with Crippen LogP contribution in [0, 0.1) is 0 Å². The van der Waals surface area contributed by atoms with Crippen LogP contribution in [0.15, 0.2) is 11.8 Å². The first-order chi connectivity index (χ1) is 14.1. The van der Waals surface area contributed by atoms with Crippen molar-refractivity contribution in [2.45, 2.75) is 129 Å². The largest absolute Gasteiger partial charge is 0.462 e. The maximum absolute atomic E-state index is 11.7. The lowest BCUT2D eigenvalue weighted by atomic mass is 10.0. The van der Waals surface area contributed by atoms with Gasteiger partial charge in [-0.2, -0.15) is 0 Å². The van der Waals surface area contributed by atoms with Crippen LogP contribution in [-0.4, -0.2) is 31.6 Å². The molecule has 0 heterocycles. The Balaban J connectivity index is 3.20. The topological polar surface area (TPSA) is 29.5 Å². The minimum absolute atomic E-state index is 0.189.